The van der Waals surface area contributed by atoms with Crippen LogP contribution in [0.3, 0.4) is 0 Å². The number of aliphatic hydroxyl groups excluding tert-OH is 2. The fourth-order valence-electron chi connectivity index (χ4n) is 1.87. The van der Waals surface area contributed by atoms with Crippen LogP contribution in [0.15, 0.2) is 0 Å². The maximum atomic E-state index is 9.57. The third-order valence-corrected chi connectivity index (χ3v) is 2.62. The zero-order valence-corrected chi connectivity index (χ0v) is 7.00. The lowest BCUT2D eigenvalue weighted by molar-refractivity contribution is 0.0835. The molecule has 2 unspecified atom stereocenters. The van der Waals surface area contributed by atoms with Crippen molar-refractivity contribution in [1.29, 1.82) is 0 Å². The van der Waals surface area contributed by atoms with Crippen LogP contribution < -0.4 is 0 Å². The van der Waals surface area contributed by atoms with E-state index in [1.54, 1.807) is 0 Å². The molecule has 0 aromatic carbocycles. The molecule has 1 rings (SSSR count). The summed E-state index contributed by atoms with van der Waals surface area (Å²) in [4.78, 5) is 0. The molecule has 0 aliphatic heterocycles. The zero-order valence-electron chi connectivity index (χ0n) is 7.00. The van der Waals surface area contributed by atoms with Crippen molar-refractivity contribution in [3.05, 3.63) is 0 Å². The van der Waals surface area contributed by atoms with Gasteiger partial charge in [0.05, 0.1) is 6.10 Å². The van der Waals surface area contributed by atoms with Gasteiger partial charge in [-0.25, -0.2) is 0 Å². The van der Waals surface area contributed by atoms with E-state index in [9.17, 15) is 5.11 Å². The van der Waals surface area contributed by atoms with E-state index in [1.165, 1.54) is 12.8 Å². The third kappa shape index (κ3) is 2.80. The van der Waals surface area contributed by atoms with Crippen molar-refractivity contribution in [3.63, 3.8) is 0 Å². The van der Waals surface area contributed by atoms with E-state index in [4.69, 9.17) is 5.11 Å². The Bertz CT molecular complexity index is 104. The van der Waals surface area contributed by atoms with Gasteiger partial charge in [-0.2, -0.15) is 0 Å². The second kappa shape index (κ2) is 4.73. The zero-order chi connectivity index (χ0) is 8.10. The van der Waals surface area contributed by atoms with Crippen LogP contribution in [0.4, 0.5) is 0 Å². The molecule has 0 aromatic heterocycles. The number of hydrogen-bond acceptors (Lipinski definition) is 2. The van der Waals surface area contributed by atoms with Gasteiger partial charge in [-0.1, -0.05) is 19.3 Å². The van der Waals surface area contributed by atoms with Gasteiger partial charge < -0.3 is 10.2 Å². The number of rotatable bonds is 2. The second-order valence-corrected chi connectivity index (χ2v) is 3.48. The van der Waals surface area contributed by atoms with Crippen molar-refractivity contribution in [2.45, 2.75) is 44.6 Å². The highest BCUT2D eigenvalue weighted by molar-refractivity contribution is 4.72. The van der Waals surface area contributed by atoms with Crippen LogP contribution in [0.1, 0.15) is 38.5 Å². The van der Waals surface area contributed by atoms with Crippen molar-refractivity contribution in [2.75, 3.05) is 6.61 Å². The van der Waals surface area contributed by atoms with Crippen LogP contribution in [0.2, 0.25) is 0 Å². The Morgan fingerprint density at radius 2 is 1.82 bits per heavy atom. The summed E-state index contributed by atoms with van der Waals surface area (Å²) in [5.41, 5.74) is 0. The van der Waals surface area contributed by atoms with Crippen LogP contribution in [-0.4, -0.2) is 22.9 Å². The Hall–Kier alpha value is -0.0800. The van der Waals surface area contributed by atoms with E-state index in [-0.39, 0.29) is 12.7 Å². The van der Waals surface area contributed by atoms with Gasteiger partial charge in [0.25, 0.3) is 0 Å². The maximum Gasteiger partial charge on any atom is 0.0569 e. The molecule has 0 spiro atoms. The molecular formula is C9H18O2. The molecule has 0 amide bonds. The highest BCUT2D eigenvalue weighted by atomic mass is 16.3. The van der Waals surface area contributed by atoms with Crippen molar-refractivity contribution >= 4 is 0 Å². The number of hydrogen-bond donors (Lipinski definition) is 2. The summed E-state index contributed by atoms with van der Waals surface area (Å²) in [6, 6.07) is 0. The predicted octanol–water partition coefficient (Wildman–Crippen LogP) is 1.31. The molecule has 2 heteroatoms. The lowest BCUT2D eigenvalue weighted by Gasteiger charge is -2.18. The highest BCUT2D eigenvalue weighted by Crippen LogP contribution is 2.25. The van der Waals surface area contributed by atoms with Crippen molar-refractivity contribution in [2.24, 2.45) is 5.92 Å². The van der Waals surface area contributed by atoms with E-state index in [0.717, 1.165) is 25.7 Å². The summed E-state index contributed by atoms with van der Waals surface area (Å²) in [5, 5.41) is 18.3. The number of aliphatic hydroxyl groups is 2. The molecule has 1 saturated carbocycles. The molecule has 2 N–H and O–H groups in total. The van der Waals surface area contributed by atoms with Crippen LogP contribution in [0.25, 0.3) is 0 Å². The fourth-order valence-corrected chi connectivity index (χ4v) is 1.87. The minimum absolute atomic E-state index is 0.148. The van der Waals surface area contributed by atoms with E-state index < -0.39 is 0 Å². The van der Waals surface area contributed by atoms with Gasteiger partial charge >= 0.3 is 0 Å². The first-order valence-corrected chi connectivity index (χ1v) is 4.63. The Balaban J connectivity index is 2.32. The summed E-state index contributed by atoms with van der Waals surface area (Å²) in [6.45, 7) is 0.224. The lowest BCUT2D eigenvalue weighted by Crippen LogP contribution is -2.19. The first-order valence-electron chi connectivity index (χ1n) is 4.63. The monoisotopic (exact) mass is 158 g/mol. The molecule has 0 bridgehead atoms. The topological polar surface area (TPSA) is 40.5 Å². The third-order valence-electron chi connectivity index (χ3n) is 2.62. The molecular weight excluding hydrogens is 140 g/mol. The molecule has 1 fully saturated rings. The quantitative estimate of drug-likeness (QED) is 0.595. The van der Waals surface area contributed by atoms with Crippen LogP contribution in [0.5, 0.6) is 0 Å². The summed E-state index contributed by atoms with van der Waals surface area (Å²) >= 11 is 0. The summed E-state index contributed by atoms with van der Waals surface area (Å²) in [7, 11) is 0. The average molecular weight is 158 g/mol. The fraction of sp³-hybridized carbons (Fsp3) is 1.00. The smallest absolute Gasteiger partial charge is 0.0569 e. The molecule has 0 heterocycles. The van der Waals surface area contributed by atoms with Gasteiger partial charge in [0.2, 0.25) is 0 Å². The summed E-state index contributed by atoms with van der Waals surface area (Å²) < 4.78 is 0. The largest absolute Gasteiger partial charge is 0.396 e. The van der Waals surface area contributed by atoms with E-state index in [2.05, 4.69) is 0 Å². The molecule has 0 radical (unpaired) electrons. The van der Waals surface area contributed by atoms with Gasteiger partial charge in [0.15, 0.2) is 0 Å². The molecule has 66 valence electrons. The molecule has 2 nitrogen and oxygen atoms in total. The predicted molar refractivity (Wildman–Crippen MR) is 44.3 cm³/mol. The Morgan fingerprint density at radius 1 is 1.09 bits per heavy atom. The van der Waals surface area contributed by atoms with Crippen LogP contribution >= 0.6 is 0 Å². The van der Waals surface area contributed by atoms with E-state index in [1.807, 2.05) is 0 Å². The molecule has 0 saturated heterocycles. The Morgan fingerprint density at radius 3 is 2.55 bits per heavy atom. The second-order valence-electron chi connectivity index (χ2n) is 3.48. The SMILES string of the molecule is OCCC1CCCCCC1O. The minimum Gasteiger partial charge on any atom is -0.396 e. The molecule has 11 heavy (non-hydrogen) atoms. The van der Waals surface area contributed by atoms with Gasteiger partial charge in [0, 0.05) is 6.61 Å². The standard InChI is InChI=1S/C9H18O2/c10-7-6-8-4-2-1-3-5-9(8)11/h8-11H,1-7H2. The van der Waals surface area contributed by atoms with Gasteiger partial charge in [0.1, 0.15) is 0 Å². The molecule has 1 aliphatic carbocycles. The molecule has 2 atom stereocenters. The van der Waals surface area contributed by atoms with Crippen LogP contribution in [-0.2, 0) is 0 Å². The summed E-state index contributed by atoms with van der Waals surface area (Å²) in [6.07, 6.45) is 6.29. The van der Waals surface area contributed by atoms with Gasteiger partial charge in [-0.05, 0) is 25.2 Å². The normalized spacial score (nSPS) is 33.3. The average Bonchev–Trinajstić information content (AvgIpc) is 2.18. The van der Waals surface area contributed by atoms with Crippen molar-refractivity contribution < 1.29 is 10.2 Å². The molecule has 1 aliphatic rings. The van der Waals surface area contributed by atoms with Crippen molar-refractivity contribution in [3.8, 4) is 0 Å². The van der Waals surface area contributed by atoms with Crippen LogP contribution in [0, 0.1) is 5.92 Å². The highest BCUT2D eigenvalue weighted by Gasteiger charge is 2.20. The Labute approximate surface area is 68.2 Å². The maximum absolute atomic E-state index is 9.57. The first-order chi connectivity index (χ1) is 5.34. The van der Waals surface area contributed by atoms with Gasteiger partial charge in [-0.3, -0.25) is 0 Å². The van der Waals surface area contributed by atoms with Crippen molar-refractivity contribution in [1.82, 2.24) is 0 Å². The Kier molecular flexibility index (Phi) is 3.87. The minimum atomic E-state index is -0.148. The van der Waals surface area contributed by atoms with Gasteiger partial charge in [-0.15, -0.1) is 0 Å². The lowest BCUT2D eigenvalue weighted by atomic mass is 9.94. The van der Waals surface area contributed by atoms with E-state index >= 15 is 0 Å². The molecule has 0 aromatic rings. The first kappa shape index (κ1) is 9.01. The van der Waals surface area contributed by atoms with E-state index in [0.29, 0.717) is 5.92 Å². The summed E-state index contributed by atoms with van der Waals surface area (Å²) in [5.74, 6) is 0.363.